The lowest BCUT2D eigenvalue weighted by atomic mass is 9.86. The minimum absolute atomic E-state index is 0.144. The van der Waals surface area contributed by atoms with Crippen LogP contribution in [0.15, 0.2) is 88.1 Å². The van der Waals surface area contributed by atoms with Crippen molar-refractivity contribution in [3.8, 4) is 0 Å². The molecule has 3 heterocycles. The highest BCUT2D eigenvalue weighted by atomic mass is 35.5. The Morgan fingerprint density at radius 3 is 2.41 bits per heavy atom. The van der Waals surface area contributed by atoms with E-state index in [2.05, 4.69) is 17.4 Å². The van der Waals surface area contributed by atoms with Crippen molar-refractivity contribution in [1.29, 1.82) is 0 Å². The summed E-state index contributed by atoms with van der Waals surface area (Å²) in [6, 6.07) is 22.5. The first-order valence-electron chi connectivity index (χ1n) is 15.1. The van der Waals surface area contributed by atoms with Crippen molar-refractivity contribution in [2.75, 3.05) is 19.6 Å². The second-order valence-electron chi connectivity index (χ2n) is 11.5. The number of hydrogen-bond donors (Lipinski definition) is 1. The topological polar surface area (TPSA) is 99.9 Å². The van der Waals surface area contributed by atoms with E-state index < -0.39 is 11.9 Å². The van der Waals surface area contributed by atoms with Crippen molar-refractivity contribution in [3.05, 3.63) is 117 Å². The third-order valence-corrected chi connectivity index (χ3v) is 8.90. The van der Waals surface area contributed by atoms with Crippen LogP contribution in [-0.2, 0) is 22.6 Å². The Morgan fingerprint density at radius 1 is 0.932 bits per heavy atom. The number of carbonyl (C=O) groups excluding carboxylic acids is 3. The minimum atomic E-state index is -0.870. The molecule has 3 aromatic carbocycles. The summed E-state index contributed by atoms with van der Waals surface area (Å²) in [5.74, 6) is -0.484. The fraction of sp³-hybridized carbons (Fsp3) is 0.314. The monoisotopic (exact) mass is 611 g/mol. The second kappa shape index (κ2) is 13.1. The summed E-state index contributed by atoms with van der Waals surface area (Å²) < 4.78 is 5.75. The number of nitrogens with one attached hydrogen (secondary N) is 1. The lowest BCUT2D eigenvalue weighted by Gasteiger charge is -2.35. The summed E-state index contributed by atoms with van der Waals surface area (Å²) in [7, 11) is 0. The average Bonchev–Trinajstić information content (AvgIpc) is 3.45. The number of benzene rings is 3. The number of rotatable bonds is 8. The Balaban J connectivity index is 1.18. The van der Waals surface area contributed by atoms with Crippen LogP contribution in [0.2, 0.25) is 5.02 Å². The molecule has 0 saturated carbocycles. The molecular formula is C35H34ClN3O5. The normalized spacial score (nSPS) is 16.3. The Hall–Kier alpha value is -4.43. The van der Waals surface area contributed by atoms with Crippen molar-refractivity contribution < 1.29 is 18.8 Å². The van der Waals surface area contributed by atoms with Crippen LogP contribution in [0, 0.1) is 0 Å². The van der Waals surface area contributed by atoms with Gasteiger partial charge in [0.1, 0.15) is 11.6 Å². The van der Waals surface area contributed by atoms with E-state index in [1.54, 1.807) is 41.3 Å². The molecule has 0 bridgehead atoms. The standard InChI is InChI=1S/C35H34ClN3O5/c36-26-13-11-23(12-14-26)20-29(37-34(42)32-21-30(40)28-8-3-4-9-31(28)44-32)35(43)38-18-15-24(16-19-38)27-7-2-1-6-25(27)22-39-17-5-10-33(39)41/h1-4,6-9,11-14,21,24,29H,5,10,15-20,22H2,(H,37,42). The predicted octanol–water partition coefficient (Wildman–Crippen LogP) is 5.32. The van der Waals surface area contributed by atoms with Gasteiger partial charge in [0.2, 0.25) is 11.8 Å². The van der Waals surface area contributed by atoms with E-state index >= 15 is 0 Å². The number of piperidine rings is 1. The van der Waals surface area contributed by atoms with Crippen molar-refractivity contribution in [1.82, 2.24) is 15.1 Å². The van der Waals surface area contributed by atoms with Crippen LogP contribution < -0.4 is 10.7 Å². The number of nitrogens with zero attached hydrogens (tertiary/aromatic N) is 2. The lowest BCUT2D eigenvalue weighted by molar-refractivity contribution is -0.134. The van der Waals surface area contributed by atoms with Crippen LogP contribution >= 0.6 is 11.6 Å². The molecule has 9 heteroatoms. The summed E-state index contributed by atoms with van der Waals surface area (Å²) in [5.41, 5.74) is 3.22. The Kier molecular flexibility index (Phi) is 8.79. The summed E-state index contributed by atoms with van der Waals surface area (Å²) >= 11 is 6.08. The maximum Gasteiger partial charge on any atom is 0.287 e. The molecule has 2 fully saturated rings. The zero-order valence-electron chi connectivity index (χ0n) is 24.3. The van der Waals surface area contributed by atoms with E-state index in [4.69, 9.17) is 16.0 Å². The highest BCUT2D eigenvalue weighted by molar-refractivity contribution is 6.30. The molecule has 1 atom stereocenters. The summed E-state index contributed by atoms with van der Waals surface area (Å²) in [6.45, 7) is 2.49. The van der Waals surface area contributed by atoms with E-state index in [9.17, 15) is 19.2 Å². The number of hydrogen-bond acceptors (Lipinski definition) is 5. The molecule has 3 amide bonds. The number of halogens is 1. The molecule has 1 unspecified atom stereocenters. The van der Waals surface area contributed by atoms with Gasteiger partial charge in [-0.3, -0.25) is 19.2 Å². The first-order valence-corrected chi connectivity index (χ1v) is 15.5. The molecule has 6 rings (SSSR count). The van der Waals surface area contributed by atoms with Gasteiger partial charge in [-0.1, -0.05) is 60.1 Å². The fourth-order valence-corrected chi connectivity index (χ4v) is 6.41. The number of amides is 3. The van der Waals surface area contributed by atoms with Crippen LogP contribution in [0.5, 0.6) is 0 Å². The van der Waals surface area contributed by atoms with E-state index in [0.29, 0.717) is 42.0 Å². The molecule has 44 heavy (non-hydrogen) atoms. The van der Waals surface area contributed by atoms with Gasteiger partial charge in [0, 0.05) is 50.1 Å². The van der Waals surface area contributed by atoms with Gasteiger partial charge in [-0.05, 0) is 66.1 Å². The Morgan fingerprint density at radius 2 is 1.66 bits per heavy atom. The molecule has 8 nitrogen and oxygen atoms in total. The molecule has 0 spiro atoms. The molecule has 0 radical (unpaired) electrons. The van der Waals surface area contributed by atoms with Crippen molar-refractivity contribution in [2.45, 2.75) is 50.6 Å². The highest BCUT2D eigenvalue weighted by Gasteiger charge is 2.32. The van der Waals surface area contributed by atoms with E-state index in [-0.39, 0.29) is 35.3 Å². The average molecular weight is 612 g/mol. The van der Waals surface area contributed by atoms with Gasteiger partial charge in [-0.25, -0.2) is 0 Å². The summed E-state index contributed by atoms with van der Waals surface area (Å²) in [5, 5.41) is 3.81. The van der Waals surface area contributed by atoms with Crippen LogP contribution in [-0.4, -0.2) is 53.2 Å². The minimum Gasteiger partial charge on any atom is -0.451 e. The van der Waals surface area contributed by atoms with Crippen LogP contribution in [0.4, 0.5) is 0 Å². The molecule has 226 valence electrons. The highest BCUT2D eigenvalue weighted by Crippen LogP contribution is 2.32. The van der Waals surface area contributed by atoms with Crippen LogP contribution in [0.1, 0.15) is 58.8 Å². The molecule has 1 N–H and O–H groups in total. The molecule has 1 aromatic heterocycles. The molecular weight excluding hydrogens is 578 g/mol. The van der Waals surface area contributed by atoms with Crippen LogP contribution in [0.3, 0.4) is 0 Å². The summed E-state index contributed by atoms with van der Waals surface area (Å²) in [4.78, 5) is 55.9. The van der Waals surface area contributed by atoms with Gasteiger partial charge < -0.3 is 19.5 Å². The first kappa shape index (κ1) is 29.6. The molecule has 4 aromatic rings. The van der Waals surface area contributed by atoms with E-state index in [1.165, 1.54) is 11.6 Å². The maximum absolute atomic E-state index is 13.9. The summed E-state index contributed by atoms with van der Waals surface area (Å²) in [6.07, 6.45) is 3.33. The molecule has 2 aliphatic heterocycles. The predicted molar refractivity (Wildman–Crippen MR) is 169 cm³/mol. The van der Waals surface area contributed by atoms with Crippen molar-refractivity contribution in [2.24, 2.45) is 0 Å². The number of carbonyl (C=O) groups is 3. The zero-order valence-corrected chi connectivity index (χ0v) is 25.1. The third-order valence-electron chi connectivity index (χ3n) is 8.65. The largest absolute Gasteiger partial charge is 0.451 e. The second-order valence-corrected chi connectivity index (χ2v) is 12.0. The SMILES string of the molecule is O=C(NC(Cc1ccc(Cl)cc1)C(=O)N1CCC(c2ccccc2CN2CCCC2=O)CC1)c1cc(=O)c2ccccc2o1. The maximum atomic E-state index is 13.9. The van der Waals surface area contributed by atoms with E-state index in [1.807, 2.05) is 29.2 Å². The zero-order chi connectivity index (χ0) is 30.6. The fourth-order valence-electron chi connectivity index (χ4n) is 6.29. The van der Waals surface area contributed by atoms with Crippen molar-refractivity contribution >= 4 is 40.3 Å². The van der Waals surface area contributed by atoms with Gasteiger partial charge in [0.25, 0.3) is 5.91 Å². The quantitative estimate of drug-likeness (QED) is 0.291. The first-order chi connectivity index (χ1) is 21.4. The van der Waals surface area contributed by atoms with Gasteiger partial charge in [-0.2, -0.15) is 0 Å². The third kappa shape index (κ3) is 6.55. The lowest BCUT2D eigenvalue weighted by Crippen LogP contribution is -2.51. The number of para-hydroxylation sites is 1. The Labute approximate surface area is 260 Å². The van der Waals surface area contributed by atoms with Gasteiger partial charge in [0.05, 0.1) is 5.39 Å². The van der Waals surface area contributed by atoms with Gasteiger partial charge >= 0.3 is 0 Å². The van der Waals surface area contributed by atoms with Crippen molar-refractivity contribution in [3.63, 3.8) is 0 Å². The number of fused-ring (bicyclic) bond motifs is 1. The van der Waals surface area contributed by atoms with Crippen LogP contribution in [0.25, 0.3) is 11.0 Å². The van der Waals surface area contributed by atoms with Gasteiger partial charge in [-0.15, -0.1) is 0 Å². The van der Waals surface area contributed by atoms with E-state index in [0.717, 1.165) is 36.9 Å². The smallest absolute Gasteiger partial charge is 0.287 e. The number of likely N-dealkylation sites (tertiary alicyclic amines) is 2. The Bertz CT molecular complexity index is 1740. The molecule has 0 aliphatic carbocycles. The molecule has 2 aliphatic rings. The van der Waals surface area contributed by atoms with Gasteiger partial charge in [0.15, 0.2) is 11.2 Å². The molecule has 2 saturated heterocycles.